The van der Waals surface area contributed by atoms with Gasteiger partial charge in [-0.25, -0.2) is 4.98 Å². The number of ether oxygens (including phenoxy) is 1. The number of carbonyl (C=O) groups excluding carboxylic acids is 1. The van der Waals surface area contributed by atoms with E-state index in [1.165, 1.54) is 6.08 Å². The van der Waals surface area contributed by atoms with Crippen molar-refractivity contribution in [3.8, 4) is 5.75 Å². The number of halogens is 1. The maximum Gasteiger partial charge on any atom is 0.305 e. The van der Waals surface area contributed by atoms with Crippen LogP contribution in [0, 0.1) is 0 Å². The third kappa shape index (κ3) is 5.96. The van der Waals surface area contributed by atoms with Crippen LogP contribution in [0.4, 0.5) is 5.69 Å². The summed E-state index contributed by atoms with van der Waals surface area (Å²) in [5.41, 5.74) is 3.70. The SMILES string of the molecule is CCOc1ccc(Br)cc1C=CC(=O)Nc1ccc2c(c1)ncn2C(CC(=O)O)c1ccccc1. The molecule has 1 aromatic heterocycles. The van der Waals surface area contributed by atoms with Gasteiger partial charge in [0.05, 0.1) is 36.4 Å². The zero-order chi connectivity index (χ0) is 24.8. The molecule has 0 spiro atoms. The molecule has 0 bridgehead atoms. The lowest BCUT2D eigenvalue weighted by Crippen LogP contribution is -2.14. The third-order valence-corrected chi connectivity index (χ3v) is 5.91. The zero-order valence-corrected chi connectivity index (χ0v) is 20.6. The van der Waals surface area contributed by atoms with E-state index >= 15 is 0 Å². The summed E-state index contributed by atoms with van der Waals surface area (Å²) in [5.74, 6) is -0.491. The molecule has 0 aliphatic heterocycles. The summed E-state index contributed by atoms with van der Waals surface area (Å²) in [4.78, 5) is 28.5. The molecule has 0 radical (unpaired) electrons. The number of nitrogens with one attached hydrogen (secondary N) is 1. The minimum atomic E-state index is -0.894. The summed E-state index contributed by atoms with van der Waals surface area (Å²) in [6.45, 7) is 2.43. The van der Waals surface area contributed by atoms with Crippen LogP contribution in [-0.2, 0) is 9.59 Å². The van der Waals surface area contributed by atoms with Crippen LogP contribution >= 0.6 is 15.9 Å². The second kappa shape index (κ2) is 11.0. The van der Waals surface area contributed by atoms with Gasteiger partial charge in [0.25, 0.3) is 0 Å². The van der Waals surface area contributed by atoms with Crippen molar-refractivity contribution in [3.63, 3.8) is 0 Å². The predicted octanol–water partition coefficient (Wildman–Crippen LogP) is 5.91. The summed E-state index contributed by atoms with van der Waals surface area (Å²) in [7, 11) is 0. The minimum Gasteiger partial charge on any atom is -0.493 e. The highest BCUT2D eigenvalue weighted by molar-refractivity contribution is 9.10. The molecule has 0 saturated carbocycles. The Balaban J connectivity index is 1.54. The smallest absolute Gasteiger partial charge is 0.305 e. The molecule has 2 N–H and O–H groups in total. The molecule has 1 heterocycles. The third-order valence-electron chi connectivity index (χ3n) is 5.42. The number of hydrogen-bond acceptors (Lipinski definition) is 4. The van der Waals surface area contributed by atoms with E-state index in [9.17, 15) is 14.7 Å². The van der Waals surface area contributed by atoms with Crippen LogP contribution in [0.25, 0.3) is 17.1 Å². The van der Waals surface area contributed by atoms with Crippen LogP contribution in [0.3, 0.4) is 0 Å². The van der Waals surface area contributed by atoms with Gasteiger partial charge < -0.3 is 19.7 Å². The normalized spacial score (nSPS) is 12.1. The van der Waals surface area contributed by atoms with Gasteiger partial charge in [0.1, 0.15) is 5.75 Å². The fourth-order valence-corrected chi connectivity index (χ4v) is 4.24. The first kappa shape index (κ1) is 24.2. The molecule has 178 valence electrons. The molecule has 1 amide bonds. The van der Waals surface area contributed by atoms with Crippen molar-refractivity contribution in [2.45, 2.75) is 19.4 Å². The van der Waals surface area contributed by atoms with Crippen molar-refractivity contribution in [2.24, 2.45) is 0 Å². The number of fused-ring (bicyclic) bond motifs is 1. The van der Waals surface area contributed by atoms with Crippen molar-refractivity contribution < 1.29 is 19.4 Å². The van der Waals surface area contributed by atoms with Crippen LogP contribution in [0.5, 0.6) is 5.75 Å². The van der Waals surface area contributed by atoms with E-state index in [1.807, 2.05) is 66.1 Å². The summed E-state index contributed by atoms with van der Waals surface area (Å²) < 4.78 is 8.36. The average Bonchev–Trinajstić information content (AvgIpc) is 3.26. The van der Waals surface area contributed by atoms with Crippen LogP contribution in [0.1, 0.15) is 30.5 Å². The number of carboxylic acids is 1. The Hall–Kier alpha value is -3.91. The van der Waals surface area contributed by atoms with E-state index in [0.717, 1.165) is 21.1 Å². The Morgan fingerprint density at radius 3 is 2.69 bits per heavy atom. The number of imidazole rings is 1. The number of anilines is 1. The van der Waals surface area contributed by atoms with Gasteiger partial charge in [-0.3, -0.25) is 9.59 Å². The molecule has 0 aliphatic rings. The van der Waals surface area contributed by atoms with Crippen LogP contribution < -0.4 is 10.1 Å². The molecule has 4 aromatic rings. The molecule has 0 saturated heterocycles. The Labute approximate surface area is 211 Å². The van der Waals surface area contributed by atoms with Crippen LogP contribution in [0.2, 0.25) is 0 Å². The molecule has 1 atom stereocenters. The number of carbonyl (C=O) groups is 2. The quantitative estimate of drug-likeness (QED) is 0.260. The first-order chi connectivity index (χ1) is 16.9. The Bertz CT molecular complexity index is 1380. The Kier molecular flexibility index (Phi) is 7.62. The zero-order valence-electron chi connectivity index (χ0n) is 19.0. The molecule has 0 aliphatic carbocycles. The summed E-state index contributed by atoms with van der Waals surface area (Å²) in [6, 6.07) is 20.1. The van der Waals surface area contributed by atoms with Gasteiger partial charge in [0.15, 0.2) is 0 Å². The number of carboxylic acid groups (broad SMARTS) is 1. The molecular formula is C27H24BrN3O4. The number of benzene rings is 3. The van der Waals surface area contributed by atoms with E-state index < -0.39 is 12.0 Å². The van der Waals surface area contributed by atoms with Gasteiger partial charge in [-0.1, -0.05) is 46.3 Å². The lowest BCUT2D eigenvalue weighted by Gasteiger charge is -2.18. The summed E-state index contributed by atoms with van der Waals surface area (Å²) in [5, 5.41) is 12.3. The highest BCUT2D eigenvalue weighted by Crippen LogP contribution is 2.28. The topological polar surface area (TPSA) is 93.5 Å². The number of hydrogen-bond donors (Lipinski definition) is 2. The second-order valence-electron chi connectivity index (χ2n) is 7.82. The molecule has 35 heavy (non-hydrogen) atoms. The van der Waals surface area contributed by atoms with Gasteiger partial charge in [-0.05, 0) is 55.0 Å². The van der Waals surface area contributed by atoms with Crippen LogP contribution in [0.15, 0.2) is 83.6 Å². The number of rotatable bonds is 9. The number of amides is 1. The van der Waals surface area contributed by atoms with Gasteiger partial charge in [0.2, 0.25) is 5.91 Å². The summed E-state index contributed by atoms with van der Waals surface area (Å²) in [6.07, 6.45) is 4.72. The Morgan fingerprint density at radius 1 is 1.14 bits per heavy atom. The molecule has 8 heteroatoms. The van der Waals surface area contributed by atoms with Crippen molar-refractivity contribution in [1.82, 2.24) is 9.55 Å². The number of nitrogens with zero attached hydrogens (tertiary/aromatic N) is 2. The monoisotopic (exact) mass is 533 g/mol. The fourth-order valence-electron chi connectivity index (χ4n) is 3.86. The van der Waals surface area contributed by atoms with Crippen molar-refractivity contribution in [3.05, 3.63) is 94.7 Å². The fraction of sp³-hybridized carbons (Fsp3) is 0.148. The molecule has 7 nitrogen and oxygen atoms in total. The largest absolute Gasteiger partial charge is 0.493 e. The van der Waals surface area contributed by atoms with Crippen molar-refractivity contribution >= 4 is 50.6 Å². The van der Waals surface area contributed by atoms with E-state index in [4.69, 9.17) is 4.74 Å². The average molecular weight is 534 g/mol. The van der Waals surface area contributed by atoms with Crippen molar-refractivity contribution in [2.75, 3.05) is 11.9 Å². The Morgan fingerprint density at radius 2 is 1.94 bits per heavy atom. The molecular weight excluding hydrogens is 510 g/mol. The number of aromatic nitrogens is 2. The minimum absolute atomic E-state index is 0.0713. The maximum absolute atomic E-state index is 12.6. The highest BCUT2D eigenvalue weighted by atomic mass is 79.9. The number of aliphatic carboxylic acids is 1. The molecule has 3 aromatic carbocycles. The first-order valence-electron chi connectivity index (χ1n) is 11.1. The first-order valence-corrected chi connectivity index (χ1v) is 11.9. The summed E-state index contributed by atoms with van der Waals surface area (Å²) >= 11 is 3.44. The lowest BCUT2D eigenvalue weighted by atomic mass is 10.0. The lowest BCUT2D eigenvalue weighted by molar-refractivity contribution is -0.137. The van der Waals surface area contributed by atoms with E-state index in [-0.39, 0.29) is 12.3 Å². The van der Waals surface area contributed by atoms with Gasteiger partial charge in [-0.15, -0.1) is 0 Å². The predicted molar refractivity (Wildman–Crippen MR) is 140 cm³/mol. The maximum atomic E-state index is 12.6. The second-order valence-corrected chi connectivity index (χ2v) is 8.73. The van der Waals surface area contributed by atoms with E-state index in [2.05, 4.69) is 26.2 Å². The van der Waals surface area contributed by atoms with E-state index in [0.29, 0.717) is 23.6 Å². The molecule has 1 unspecified atom stereocenters. The highest BCUT2D eigenvalue weighted by Gasteiger charge is 2.19. The van der Waals surface area contributed by atoms with Crippen molar-refractivity contribution in [1.29, 1.82) is 0 Å². The van der Waals surface area contributed by atoms with Gasteiger partial charge in [0, 0.05) is 21.8 Å². The standard InChI is InChI=1S/C27H24BrN3O4/c1-2-35-25-12-9-20(28)14-19(25)8-13-26(32)30-21-10-11-23-22(15-21)29-17-31(23)24(16-27(33)34)18-6-4-3-5-7-18/h3-15,17,24H,2,16H2,1H3,(H,30,32)(H,33,34). The molecule has 4 rings (SSSR count). The van der Waals surface area contributed by atoms with Gasteiger partial charge >= 0.3 is 5.97 Å². The van der Waals surface area contributed by atoms with Crippen LogP contribution in [-0.4, -0.2) is 33.1 Å². The molecule has 0 fully saturated rings. The van der Waals surface area contributed by atoms with E-state index in [1.54, 1.807) is 24.5 Å². The van der Waals surface area contributed by atoms with Gasteiger partial charge in [-0.2, -0.15) is 0 Å².